The number of hydrogen-bond acceptors (Lipinski definition) is 3. The van der Waals surface area contributed by atoms with Crippen molar-refractivity contribution in [2.24, 2.45) is 0 Å². The van der Waals surface area contributed by atoms with Crippen LogP contribution in [0, 0.1) is 0 Å². The van der Waals surface area contributed by atoms with Gasteiger partial charge in [0, 0.05) is 44.0 Å². The summed E-state index contributed by atoms with van der Waals surface area (Å²) in [5.74, 6) is 0.971. The number of anilines is 2. The second-order valence-corrected chi connectivity index (χ2v) is 5.67. The topological polar surface area (TPSA) is 19.4 Å². The minimum atomic E-state index is 0.844. The van der Waals surface area contributed by atoms with Crippen molar-refractivity contribution in [2.45, 2.75) is 6.54 Å². The van der Waals surface area contributed by atoms with Crippen molar-refractivity contribution >= 4 is 27.4 Å². The molecule has 0 unspecified atom stereocenters. The molecule has 0 saturated carbocycles. The van der Waals surface area contributed by atoms with Crippen LogP contribution < -0.4 is 9.80 Å². The smallest absolute Gasteiger partial charge is 0.128 e. The van der Waals surface area contributed by atoms with E-state index in [1.54, 1.807) is 0 Å². The van der Waals surface area contributed by atoms with Crippen LogP contribution in [0.2, 0.25) is 0 Å². The number of nitrogens with zero attached hydrogens (tertiary/aromatic N) is 3. The van der Waals surface area contributed by atoms with E-state index in [4.69, 9.17) is 0 Å². The third-order valence-electron chi connectivity index (χ3n) is 2.95. The Labute approximate surface area is 123 Å². The number of rotatable bonds is 4. The maximum atomic E-state index is 4.40. The van der Waals surface area contributed by atoms with Crippen LogP contribution in [-0.2, 0) is 6.54 Å². The zero-order valence-corrected chi connectivity index (χ0v) is 13.1. The molecule has 0 bridgehead atoms. The predicted octanol–water partition coefficient (Wildman–Crippen LogP) is 3.55. The first-order chi connectivity index (χ1) is 9.06. The average molecular weight is 320 g/mol. The molecule has 0 atom stereocenters. The lowest BCUT2D eigenvalue weighted by molar-refractivity contribution is 0.896. The highest BCUT2D eigenvalue weighted by atomic mass is 79.9. The van der Waals surface area contributed by atoms with Crippen LogP contribution in [0.4, 0.5) is 11.5 Å². The Hall–Kier alpha value is -1.55. The number of halogens is 1. The minimum absolute atomic E-state index is 0.844. The third kappa shape index (κ3) is 3.70. The number of hydrogen-bond donors (Lipinski definition) is 0. The van der Waals surface area contributed by atoms with Gasteiger partial charge < -0.3 is 9.80 Å². The van der Waals surface area contributed by atoms with E-state index in [0.717, 1.165) is 16.8 Å². The van der Waals surface area contributed by atoms with Crippen molar-refractivity contribution < 1.29 is 0 Å². The molecule has 0 radical (unpaired) electrons. The summed E-state index contributed by atoms with van der Waals surface area (Å²) in [6, 6.07) is 12.6. The highest BCUT2D eigenvalue weighted by molar-refractivity contribution is 9.10. The van der Waals surface area contributed by atoms with E-state index in [0.29, 0.717) is 0 Å². The summed E-state index contributed by atoms with van der Waals surface area (Å²) in [5.41, 5.74) is 2.49. The van der Waals surface area contributed by atoms with Gasteiger partial charge in [0.15, 0.2) is 0 Å². The SMILES string of the molecule is CN(C)c1cccc(CN(C)c2ccc(Br)cn2)c1. The molecule has 0 aliphatic carbocycles. The summed E-state index contributed by atoms with van der Waals surface area (Å²) in [6.45, 7) is 0.844. The summed E-state index contributed by atoms with van der Waals surface area (Å²) in [4.78, 5) is 8.65. The molecule has 0 amide bonds. The Morgan fingerprint density at radius 1 is 1.11 bits per heavy atom. The fourth-order valence-corrected chi connectivity index (χ4v) is 2.12. The number of aromatic nitrogens is 1. The molecule has 3 nitrogen and oxygen atoms in total. The van der Waals surface area contributed by atoms with Crippen LogP contribution in [0.25, 0.3) is 0 Å². The zero-order chi connectivity index (χ0) is 13.8. The highest BCUT2D eigenvalue weighted by Gasteiger charge is 2.04. The maximum Gasteiger partial charge on any atom is 0.128 e. The van der Waals surface area contributed by atoms with Crippen molar-refractivity contribution in [1.29, 1.82) is 0 Å². The Morgan fingerprint density at radius 2 is 1.89 bits per heavy atom. The van der Waals surface area contributed by atoms with Crippen molar-refractivity contribution in [3.8, 4) is 0 Å². The van der Waals surface area contributed by atoms with E-state index in [-0.39, 0.29) is 0 Å². The lowest BCUT2D eigenvalue weighted by Gasteiger charge is -2.20. The molecule has 1 aromatic carbocycles. The third-order valence-corrected chi connectivity index (χ3v) is 3.42. The number of benzene rings is 1. The zero-order valence-electron chi connectivity index (χ0n) is 11.5. The molecule has 0 fully saturated rings. The van der Waals surface area contributed by atoms with Crippen LogP contribution in [0.1, 0.15) is 5.56 Å². The van der Waals surface area contributed by atoms with Gasteiger partial charge in [0.25, 0.3) is 0 Å². The molecule has 0 saturated heterocycles. The van der Waals surface area contributed by atoms with Gasteiger partial charge in [-0.15, -0.1) is 0 Å². The van der Waals surface area contributed by atoms with Gasteiger partial charge in [0.2, 0.25) is 0 Å². The molecular weight excluding hydrogens is 302 g/mol. The van der Waals surface area contributed by atoms with Crippen molar-refractivity contribution in [2.75, 3.05) is 30.9 Å². The van der Waals surface area contributed by atoms with Crippen LogP contribution in [-0.4, -0.2) is 26.1 Å². The molecular formula is C15H18BrN3. The van der Waals surface area contributed by atoms with E-state index in [1.165, 1.54) is 11.3 Å². The van der Waals surface area contributed by atoms with E-state index >= 15 is 0 Å². The van der Waals surface area contributed by atoms with Gasteiger partial charge in [-0.3, -0.25) is 0 Å². The molecule has 4 heteroatoms. The number of pyridine rings is 1. The largest absolute Gasteiger partial charge is 0.378 e. The molecule has 0 aliphatic heterocycles. The van der Waals surface area contributed by atoms with Crippen molar-refractivity contribution in [3.05, 3.63) is 52.6 Å². The Bertz CT molecular complexity index is 537. The van der Waals surface area contributed by atoms with Gasteiger partial charge in [0.05, 0.1) is 0 Å². The summed E-state index contributed by atoms with van der Waals surface area (Å²) in [7, 11) is 6.16. The van der Waals surface area contributed by atoms with Crippen LogP contribution in [0.3, 0.4) is 0 Å². The van der Waals surface area contributed by atoms with Gasteiger partial charge in [-0.1, -0.05) is 12.1 Å². The summed E-state index contributed by atoms with van der Waals surface area (Å²) in [5, 5.41) is 0. The van der Waals surface area contributed by atoms with Gasteiger partial charge in [-0.05, 0) is 45.8 Å². The Morgan fingerprint density at radius 3 is 2.53 bits per heavy atom. The first-order valence-corrected chi connectivity index (χ1v) is 6.94. The summed E-state index contributed by atoms with van der Waals surface area (Å²) < 4.78 is 0.999. The van der Waals surface area contributed by atoms with Gasteiger partial charge in [0.1, 0.15) is 5.82 Å². The van der Waals surface area contributed by atoms with E-state index in [9.17, 15) is 0 Å². The minimum Gasteiger partial charge on any atom is -0.378 e. The summed E-state index contributed by atoms with van der Waals surface area (Å²) >= 11 is 3.40. The monoisotopic (exact) mass is 319 g/mol. The predicted molar refractivity (Wildman–Crippen MR) is 84.8 cm³/mol. The molecule has 1 aromatic heterocycles. The second kappa shape index (κ2) is 6.06. The van der Waals surface area contributed by atoms with Gasteiger partial charge in [-0.2, -0.15) is 0 Å². The normalized spacial score (nSPS) is 10.3. The van der Waals surface area contributed by atoms with Gasteiger partial charge in [-0.25, -0.2) is 4.98 Å². The molecule has 0 N–H and O–H groups in total. The lowest BCUT2D eigenvalue weighted by atomic mass is 10.2. The molecule has 2 aromatic rings. The van der Waals surface area contributed by atoms with Crippen LogP contribution in [0.15, 0.2) is 47.1 Å². The second-order valence-electron chi connectivity index (χ2n) is 4.76. The molecule has 0 aliphatic rings. The molecule has 2 rings (SSSR count). The van der Waals surface area contributed by atoms with Crippen LogP contribution in [0.5, 0.6) is 0 Å². The standard InChI is InChI=1S/C15H18BrN3/c1-18(2)14-6-4-5-12(9-14)11-19(3)15-8-7-13(16)10-17-15/h4-10H,11H2,1-3H3. The molecule has 0 spiro atoms. The molecule has 19 heavy (non-hydrogen) atoms. The quantitative estimate of drug-likeness (QED) is 0.859. The first kappa shape index (κ1) is 13.9. The van der Waals surface area contributed by atoms with E-state index in [2.05, 4.69) is 76.1 Å². The Kier molecular flexibility index (Phi) is 4.43. The fraction of sp³-hybridized carbons (Fsp3) is 0.267. The van der Waals surface area contributed by atoms with Crippen molar-refractivity contribution in [3.63, 3.8) is 0 Å². The van der Waals surface area contributed by atoms with Gasteiger partial charge >= 0.3 is 0 Å². The Balaban J connectivity index is 2.12. The molecule has 1 heterocycles. The summed E-state index contributed by atoms with van der Waals surface area (Å²) in [6.07, 6.45) is 1.82. The molecule has 100 valence electrons. The fourth-order valence-electron chi connectivity index (χ4n) is 1.88. The van der Waals surface area contributed by atoms with E-state index < -0.39 is 0 Å². The maximum absolute atomic E-state index is 4.40. The van der Waals surface area contributed by atoms with Crippen molar-refractivity contribution in [1.82, 2.24) is 4.98 Å². The van der Waals surface area contributed by atoms with E-state index in [1.807, 2.05) is 18.3 Å². The first-order valence-electron chi connectivity index (χ1n) is 6.15. The highest BCUT2D eigenvalue weighted by Crippen LogP contribution is 2.18. The average Bonchev–Trinajstić information content (AvgIpc) is 2.39. The van der Waals surface area contributed by atoms with Crippen LogP contribution >= 0.6 is 15.9 Å². The lowest BCUT2D eigenvalue weighted by Crippen LogP contribution is -2.18.